The number of carbonyl (C=O) groups excluding carboxylic acids is 1. The van der Waals surface area contributed by atoms with Crippen LogP contribution < -0.4 is 10.1 Å². The summed E-state index contributed by atoms with van der Waals surface area (Å²) in [4.78, 5) is 12.8. The number of hydrogen-bond acceptors (Lipinski definition) is 2. The van der Waals surface area contributed by atoms with Crippen LogP contribution >= 0.6 is 0 Å². The van der Waals surface area contributed by atoms with E-state index in [1.165, 1.54) is 0 Å². The minimum Gasteiger partial charge on any atom is -0.497 e. The van der Waals surface area contributed by atoms with Gasteiger partial charge in [0.15, 0.2) is 0 Å². The Hall–Kier alpha value is -3.01. The van der Waals surface area contributed by atoms with Gasteiger partial charge in [0.25, 0.3) is 5.91 Å². The lowest BCUT2D eigenvalue weighted by molar-refractivity contribution is 0.0948. The molecule has 4 nitrogen and oxygen atoms in total. The molecule has 1 heterocycles. The Morgan fingerprint density at radius 1 is 1.07 bits per heavy atom. The molecule has 1 amide bonds. The highest BCUT2D eigenvalue weighted by molar-refractivity contribution is 5.97. The van der Waals surface area contributed by atoms with E-state index in [0.717, 1.165) is 28.4 Å². The molecule has 1 N–H and O–H groups in total. The fourth-order valence-electron chi connectivity index (χ4n) is 3.11. The van der Waals surface area contributed by atoms with Crippen molar-refractivity contribution in [3.8, 4) is 22.7 Å². The molecule has 0 spiro atoms. The Labute approximate surface area is 160 Å². The molecule has 0 saturated carbocycles. The molecule has 0 aliphatic rings. The van der Waals surface area contributed by atoms with Gasteiger partial charge in [0, 0.05) is 17.9 Å². The molecule has 3 aromatic rings. The number of methoxy groups -OCH3 is 1. The van der Waals surface area contributed by atoms with E-state index in [4.69, 9.17) is 4.74 Å². The van der Waals surface area contributed by atoms with Crippen molar-refractivity contribution in [2.24, 2.45) is 5.92 Å². The average Bonchev–Trinajstić information content (AvgIpc) is 3.04. The van der Waals surface area contributed by atoms with Crippen molar-refractivity contribution in [2.45, 2.75) is 20.8 Å². The van der Waals surface area contributed by atoms with E-state index in [1.807, 2.05) is 55.5 Å². The first-order chi connectivity index (χ1) is 13.0. The predicted octanol–water partition coefficient (Wildman–Crippen LogP) is 4.85. The summed E-state index contributed by atoms with van der Waals surface area (Å²) in [7, 11) is 1.66. The predicted molar refractivity (Wildman–Crippen MR) is 110 cm³/mol. The molecule has 3 rings (SSSR count). The maximum absolute atomic E-state index is 12.8. The first-order valence-corrected chi connectivity index (χ1v) is 9.21. The molecule has 0 fully saturated rings. The lowest BCUT2D eigenvalue weighted by Gasteiger charge is -2.13. The summed E-state index contributed by atoms with van der Waals surface area (Å²) < 4.78 is 7.40. The van der Waals surface area contributed by atoms with E-state index in [1.54, 1.807) is 7.11 Å². The monoisotopic (exact) mass is 362 g/mol. The Bertz CT molecular complexity index is 910. The van der Waals surface area contributed by atoms with E-state index in [0.29, 0.717) is 18.0 Å². The smallest absolute Gasteiger partial charge is 0.253 e. The van der Waals surface area contributed by atoms with Crippen LogP contribution in [0.4, 0.5) is 0 Å². The summed E-state index contributed by atoms with van der Waals surface area (Å²) in [5.41, 5.74) is 4.67. The summed E-state index contributed by atoms with van der Waals surface area (Å²) in [6, 6.07) is 20.0. The number of hydrogen-bond donors (Lipinski definition) is 1. The maximum atomic E-state index is 12.8. The van der Waals surface area contributed by atoms with Crippen molar-refractivity contribution in [2.75, 3.05) is 13.7 Å². The molecule has 2 aromatic carbocycles. The third-order valence-electron chi connectivity index (χ3n) is 4.56. The van der Waals surface area contributed by atoms with Crippen LogP contribution in [0.3, 0.4) is 0 Å². The number of aromatic nitrogens is 1. The third-order valence-corrected chi connectivity index (χ3v) is 4.56. The highest BCUT2D eigenvalue weighted by Gasteiger charge is 2.19. The van der Waals surface area contributed by atoms with Crippen LogP contribution in [0, 0.1) is 12.8 Å². The summed E-state index contributed by atoms with van der Waals surface area (Å²) in [5, 5.41) is 3.03. The fourth-order valence-corrected chi connectivity index (χ4v) is 3.11. The molecule has 0 aliphatic heterocycles. The molecule has 0 saturated heterocycles. The summed E-state index contributed by atoms with van der Waals surface area (Å²) >= 11 is 0. The summed E-state index contributed by atoms with van der Waals surface area (Å²) in [6.45, 7) is 6.83. The molecule has 0 atom stereocenters. The van der Waals surface area contributed by atoms with Gasteiger partial charge in [0.05, 0.1) is 18.4 Å². The van der Waals surface area contributed by atoms with Crippen molar-refractivity contribution in [3.05, 3.63) is 71.9 Å². The van der Waals surface area contributed by atoms with Gasteiger partial charge < -0.3 is 14.6 Å². The molecule has 0 radical (unpaired) electrons. The standard InChI is InChI=1S/C23H26N2O2/c1-16(2)15-24-23(26)21-14-22(18-10-12-20(27-4)13-11-18)25(17(21)3)19-8-6-5-7-9-19/h5-14,16H,15H2,1-4H3,(H,24,26). The first-order valence-electron chi connectivity index (χ1n) is 9.21. The van der Waals surface area contributed by atoms with Gasteiger partial charge in [-0.15, -0.1) is 0 Å². The van der Waals surface area contributed by atoms with Crippen LogP contribution in [0.1, 0.15) is 29.9 Å². The van der Waals surface area contributed by atoms with Gasteiger partial charge in [-0.05, 0) is 60.9 Å². The average molecular weight is 362 g/mol. The Kier molecular flexibility index (Phi) is 5.65. The number of nitrogens with zero attached hydrogens (tertiary/aromatic N) is 1. The molecular formula is C23H26N2O2. The Morgan fingerprint density at radius 3 is 2.33 bits per heavy atom. The van der Waals surface area contributed by atoms with Gasteiger partial charge in [-0.2, -0.15) is 0 Å². The van der Waals surface area contributed by atoms with Gasteiger partial charge in [-0.3, -0.25) is 4.79 Å². The van der Waals surface area contributed by atoms with Gasteiger partial charge in [0.1, 0.15) is 5.75 Å². The van der Waals surface area contributed by atoms with E-state index in [2.05, 4.69) is 35.9 Å². The molecule has 4 heteroatoms. The van der Waals surface area contributed by atoms with Crippen LogP contribution in [-0.2, 0) is 0 Å². The van der Waals surface area contributed by atoms with E-state index in [9.17, 15) is 4.79 Å². The molecule has 0 bridgehead atoms. The van der Waals surface area contributed by atoms with Crippen LogP contribution in [0.2, 0.25) is 0 Å². The van der Waals surface area contributed by atoms with E-state index < -0.39 is 0 Å². The van der Waals surface area contributed by atoms with E-state index >= 15 is 0 Å². The van der Waals surface area contributed by atoms with Crippen molar-refractivity contribution < 1.29 is 9.53 Å². The second kappa shape index (κ2) is 8.12. The van der Waals surface area contributed by atoms with Crippen molar-refractivity contribution in [1.29, 1.82) is 0 Å². The van der Waals surface area contributed by atoms with Crippen molar-refractivity contribution in [1.82, 2.24) is 9.88 Å². The highest BCUT2D eigenvalue weighted by atomic mass is 16.5. The molecular weight excluding hydrogens is 336 g/mol. The van der Waals surface area contributed by atoms with Crippen molar-refractivity contribution >= 4 is 5.91 Å². The fraction of sp³-hybridized carbons (Fsp3) is 0.261. The van der Waals surface area contributed by atoms with Gasteiger partial charge in [-0.1, -0.05) is 32.0 Å². The van der Waals surface area contributed by atoms with Crippen LogP contribution in [-0.4, -0.2) is 24.1 Å². The number of benzene rings is 2. The zero-order valence-electron chi connectivity index (χ0n) is 16.3. The maximum Gasteiger partial charge on any atom is 0.253 e. The number of carbonyl (C=O) groups is 1. The Morgan fingerprint density at radius 2 is 1.74 bits per heavy atom. The molecule has 140 valence electrons. The van der Waals surface area contributed by atoms with Crippen LogP contribution in [0.5, 0.6) is 5.75 Å². The quantitative estimate of drug-likeness (QED) is 0.681. The lowest BCUT2D eigenvalue weighted by Crippen LogP contribution is -2.27. The summed E-state index contributed by atoms with van der Waals surface area (Å²) in [6.07, 6.45) is 0. The topological polar surface area (TPSA) is 43.3 Å². The highest BCUT2D eigenvalue weighted by Crippen LogP contribution is 2.30. The van der Waals surface area contributed by atoms with Gasteiger partial charge in [-0.25, -0.2) is 0 Å². The number of nitrogens with one attached hydrogen (secondary N) is 1. The lowest BCUT2D eigenvalue weighted by atomic mass is 10.1. The van der Waals surface area contributed by atoms with Crippen molar-refractivity contribution in [3.63, 3.8) is 0 Å². The first kappa shape index (κ1) is 18.8. The number of amides is 1. The second-order valence-electron chi connectivity index (χ2n) is 7.03. The van der Waals surface area contributed by atoms with E-state index in [-0.39, 0.29) is 5.91 Å². The zero-order chi connectivity index (χ0) is 19.4. The zero-order valence-corrected chi connectivity index (χ0v) is 16.3. The Balaban J connectivity index is 2.10. The molecule has 1 aromatic heterocycles. The number of rotatable bonds is 6. The van der Waals surface area contributed by atoms with Gasteiger partial charge >= 0.3 is 0 Å². The van der Waals surface area contributed by atoms with Crippen LogP contribution in [0.15, 0.2) is 60.7 Å². The minimum absolute atomic E-state index is 0.0364. The molecule has 27 heavy (non-hydrogen) atoms. The SMILES string of the molecule is COc1ccc(-c2cc(C(=O)NCC(C)C)c(C)n2-c2ccccc2)cc1. The largest absolute Gasteiger partial charge is 0.497 e. The number of para-hydroxylation sites is 1. The molecule has 0 aliphatic carbocycles. The number of ether oxygens (including phenoxy) is 1. The minimum atomic E-state index is -0.0364. The summed E-state index contributed by atoms with van der Waals surface area (Å²) in [5.74, 6) is 1.18. The third kappa shape index (κ3) is 4.05. The van der Waals surface area contributed by atoms with Gasteiger partial charge in [0.2, 0.25) is 0 Å². The normalized spacial score (nSPS) is 10.9. The van der Waals surface area contributed by atoms with Crippen LogP contribution in [0.25, 0.3) is 16.9 Å². The second-order valence-corrected chi connectivity index (χ2v) is 7.03. The molecule has 0 unspecified atom stereocenters.